The average molecular weight is 392 g/mol. The van der Waals surface area contributed by atoms with E-state index in [-0.39, 0.29) is 11.9 Å². The lowest BCUT2D eigenvalue weighted by atomic mass is 10.1. The summed E-state index contributed by atoms with van der Waals surface area (Å²) in [5.41, 5.74) is 3.12. The monoisotopic (exact) mass is 392 g/mol. The summed E-state index contributed by atoms with van der Waals surface area (Å²) in [6.07, 6.45) is 3.14. The Balaban J connectivity index is 1.51. The highest BCUT2D eigenvalue weighted by Crippen LogP contribution is 2.24. The van der Waals surface area contributed by atoms with Crippen LogP contribution in [0.4, 0.5) is 11.6 Å². The number of aryl methyl sites for hydroxylation is 1. The molecule has 0 spiro atoms. The van der Waals surface area contributed by atoms with Gasteiger partial charge in [-0.2, -0.15) is 0 Å². The van der Waals surface area contributed by atoms with E-state index in [0.29, 0.717) is 24.6 Å². The Hall–Kier alpha value is -3.26. The van der Waals surface area contributed by atoms with Gasteiger partial charge in [0, 0.05) is 36.6 Å². The lowest BCUT2D eigenvalue weighted by Crippen LogP contribution is -2.53. The maximum absolute atomic E-state index is 12.3. The van der Waals surface area contributed by atoms with E-state index in [0.717, 1.165) is 22.9 Å². The molecule has 8 heteroatoms. The number of hydrogen-bond acceptors (Lipinski definition) is 6. The van der Waals surface area contributed by atoms with Gasteiger partial charge < -0.3 is 19.9 Å². The van der Waals surface area contributed by atoms with Gasteiger partial charge in [0.2, 0.25) is 5.95 Å². The molecule has 0 unspecified atom stereocenters. The summed E-state index contributed by atoms with van der Waals surface area (Å²) in [4.78, 5) is 27.3. The van der Waals surface area contributed by atoms with Crippen molar-refractivity contribution in [2.45, 2.75) is 32.9 Å². The second-order valence-corrected chi connectivity index (χ2v) is 7.49. The second kappa shape index (κ2) is 7.63. The van der Waals surface area contributed by atoms with Crippen molar-refractivity contribution in [3.63, 3.8) is 0 Å². The third kappa shape index (κ3) is 3.84. The van der Waals surface area contributed by atoms with Gasteiger partial charge in [-0.15, -0.1) is 0 Å². The van der Waals surface area contributed by atoms with Gasteiger partial charge in [0.1, 0.15) is 5.82 Å². The Kier molecular flexibility index (Phi) is 5.02. The number of rotatable bonds is 5. The molecular weight excluding hydrogens is 368 g/mol. The number of anilines is 2. The summed E-state index contributed by atoms with van der Waals surface area (Å²) in [5, 5.41) is 12.5. The van der Waals surface area contributed by atoms with Crippen LogP contribution in [0.1, 0.15) is 36.1 Å². The Labute approximate surface area is 169 Å². The van der Waals surface area contributed by atoms with Gasteiger partial charge in [0.25, 0.3) is 5.91 Å². The summed E-state index contributed by atoms with van der Waals surface area (Å²) in [6.45, 7) is 7.00. The highest BCUT2D eigenvalue weighted by Gasteiger charge is 2.29. The molecule has 4 rings (SSSR count). The average Bonchev–Trinajstić information content (AvgIpc) is 3.08. The molecule has 0 aliphatic carbocycles. The fraction of sp³-hybridized carbons (Fsp3) is 0.333. The summed E-state index contributed by atoms with van der Waals surface area (Å²) < 4.78 is 2.14. The molecule has 0 bridgehead atoms. The van der Waals surface area contributed by atoms with E-state index in [9.17, 15) is 9.90 Å². The van der Waals surface area contributed by atoms with Crippen LogP contribution in [0, 0.1) is 6.92 Å². The van der Waals surface area contributed by atoms with Crippen molar-refractivity contribution in [1.82, 2.24) is 24.4 Å². The van der Waals surface area contributed by atoms with Crippen LogP contribution < -0.4 is 5.32 Å². The number of hydrogen-bond donors (Lipinski definition) is 2. The largest absolute Gasteiger partial charge is 0.389 e. The Bertz CT molecular complexity index is 1020. The number of nitrogens with zero attached hydrogens (tertiary/aromatic N) is 5. The highest BCUT2D eigenvalue weighted by atomic mass is 16.3. The van der Waals surface area contributed by atoms with Gasteiger partial charge >= 0.3 is 0 Å². The lowest BCUT2D eigenvalue weighted by molar-refractivity contribution is 0.00590. The van der Waals surface area contributed by atoms with Crippen molar-refractivity contribution in [2.24, 2.45) is 0 Å². The van der Waals surface area contributed by atoms with Crippen LogP contribution in [-0.2, 0) is 0 Å². The summed E-state index contributed by atoms with van der Waals surface area (Å²) in [6, 6.07) is 9.30. The number of amides is 1. The fourth-order valence-electron chi connectivity index (χ4n) is 3.49. The third-order valence-corrected chi connectivity index (χ3v) is 4.95. The van der Waals surface area contributed by atoms with E-state index in [1.807, 2.05) is 31.3 Å². The molecule has 1 amide bonds. The summed E-state index contributed by atoms with van der Waals surface area (Å²) in [5.74, 6) is 1.34. The molecule has 1 saturated heterocycles. The van der Waals surface area contributed by atoms with Crippen LogP contribution in [-0.4, -0.2) is 54.6 Å². The number of nitrogens with one attached hydrogen (secondary N) is 1. The van der Waals surface area contributed by atoms with Crippen LogP contribution in [0.2, 0.25) is 0 Å². The first-order chi connectivity index (χ1) is 13.9. The van der Waals surface area contributed by atoms with Gasteiger partial charge in [-0.05, 0) is 51.1 Å². The van der Waals surface area contributed by atoms with Crippen LogP contribution in [0.25, 0.3) is 11.4 Å². The highest BCUT2D eigenvalue weighted by molar-refractivity contribution is 5.95. The van der Waals surface area contributed by atoms with Crippen LogP contribution in [0.5, 0.6) is 0 Å². The fourth-order valence-corrected chi connectivity index (χ4v) is 3.49. The molecular formula is C21H24N6O2. The molecule has 2 aromatic heterocycles. The topological polar surface area (TPSA) is 96.2 Å². The zero-order valence-electron chi connectivity index (χ0n) is 16.7. The summed E-state index contributed by atoms with van der Waals surface area (Å²) >= 11 is 0. The molecule has 1 aliphatic heterocycles. The molecule has 8 nitrogen and oxygen atoms in total. The van der Waals surface area contributed by atoms with Crippen molar-refractivity contribution in [2.75, 3.05) is 18.4 Å². The minimum Gasteiger partial charge on any atom is -0.389 e. The first-order valence-corrected chi connectivity index (χ1v) is 9.64. The number of carbonyl (C=O) groups is 1. The molecule has 29 heavy (non-hydrogen) atoms. The van der Waals surface area contributed by atoms with E-state index in [1.165, 1.54) is 0 Å². The van der Waals surface area contributed by atoms with Crippen LogP contribution >= 0.6 is 0 Å². The molecule has 3 aromatic rings. The molecule has 2 N–H and O–H groups in total. The minimum atomic E-state index is -0.403. The van der Waals surface area contributed by atoms with Crippen molar-refractivity contribution in [1.29, 1.82) is 0 Å². The van der Waals surface area contributed by atoms with Gasteiger partial charge in [-0.1, -0.05) is 0 Å². The normalized spacial score (nSPS) is 14.2. The van der Waals surface area contributed by atoms with E-state index in [4.69, 9.17) is 0 Å². The lowest BCUT2D eigenvalue weighted by Gasteiger charge is -2.35. The predicted molar refractivity (Wildman–Crippen MR) is 110 cm³/mol. The molecule has 3 heterocycles. The zero-order chi connectivity index (χ0) is 20.5. The second-order valence-electron chi connectivity index (χ2n) is 7.49. The number of aliphatic hydroxyl groups is 1. The molecule has 150 valence electrons. The molecule has 0 atom stereocenters. The predicted octanol–water partition coefficient (Wildman–Crippen LogP) is 2.79. The van der Waals surface area contributed by atoms with Gasteiger partial charge in [-0.25, -0.2) is 15.0 Å². The maximum atomic E-state index is 12.3. The Morgan fingerprint density at radius 3 is 2.55 bits per heavy atom. The van der Waals surface area contributed by atoms with Gasteiger partial charge in [-0.3, -0.25) is 4.79 Å². The number of β-amino-alcohol motifs (C(OH)–C–C–N with tert-alkyl or cyclic N) is 1. The first-order valence-electron chi connectivity index (χ1n) is 9.64. The zero-order valence-corrected chi connectivity index (χ0v) is 16.7. The number of likely N-dealkylation sites (tertiary alicyclic amines) is 1. The van der Waals surface area contributed by atoms with Crippen LogP contribution in [0.3, 0.4) is 0 Å². The number of imidazole rings is 1. The minimum absolute atomic E-state index is 0.0718. The maximum Gasteiger partial charge on any atom is 0.254 e. The number of aliphatic hydroxyl groups excluding tert-OH is 1. The molecule has 1 aliphatic rings. The smallest absolute Gasteiger partial charge is 0.254 e. The first kappa shape index (κ1) is 19.1. The van der Waals surface area contributed by atoms with Crippen molar-refractivity contribution < 1.29 is 9.90 Å². The molecule has 0 radical (unpaired) electrons. The summed E-state index contributed by atoms with van der Waals surface area (Å²) in [7, 11) is 0. The molecule has 0 saturated carbocycles. The van der Waals surface area contributed by atoms with Gasteiger partial charge in [0.15, 0.2) is 0 Å². The quantitative estimate of drug-likeness (QED) is 0.693. The van der Waals surface area contributed by atoms with E-state index < -0.39 is 6.10 Å². The SMILES string of the molecule is Cc1ncc(-c2ccnc(Nc3ccc(C(=O)N4CC(O)C4)cc3)n2)n1C(C)C. The number of aromatic nitrogens is 4. The van der Waals surface area contributed by atoms with Crippen LogP contribution in [0.15, 0.2) is 42.7 Å². The van der Waals surface area contributed by atoms with Gasteiger partial charge in [0.05, 0.1) is 23.7 Å². The molecule has 1 fully saturated rings. The van der Waals surface area contributed by atoms with Crippen molar-refractivity contribution >= 4 is 17.5 Å². The van der Waals surface area contributed by atoms with E-state index in [1.54, 1.807) is 23.2 Å². The standard InChI is InChI=1S/C21H24N6O2/c1-13(2)27-14(3)23-10-19(27)18-8-9-22-21(25-18)24-16-6-4-15(5-7-16)20(29)26-11-17(28)12-26/h4-10,13,17,28H,11-12H2,1-3H3,(H,22,24,25). The number of benzene rings is 1. The van der Waals surface area contributed by atoms with Crippen molar-refractivity contribution in [3.05, 3.63) is 54.1 Å². The van der Waals surface area contributed by atoms with E-state index in [2.05, 4.69) is 38.7 Å². The Morgan fingerprint density at radius 2 is 1.90 bits per heavy atom. The third-order valence-electron chi connectivity index (χ3n) is 4.95. The van der Waals surface area contributed by atoms with Crippen molar-refractivity contribution in [3.8, 4) is 11.4 Å². The van der Waals surface area contributed by atoms with E-state index >= 15 is 0 Å². The Morgan fingerprint density at radius 1 is 1.17 bits per heavy atom. The molecule has 1 aromatic carbocycles. The number of carbonyl (C=O) groups excluding carboxylic acids is 1.